The average molecular weight is 559 g/mol. The summed E-state index contributed by atoms with van der Waals surface area (Å²) >= 11 is 0. The van der Waals surface area contributed by atoms with Crippen LogP contribution >= 0.6 is 0 Å². The summed E-state index contributed by atoms with van der Waals surface area (Å²) in [7, 11) is 0. The van der Waals surface area contributed by atoms with E-state index in [9.17, 15) is 18.8 Å². The Balaban J connectivity index is 1.41. The van der Waals surface area contributed by atoms with Crippen LogP contribution in [0.25, 0.3) is 6.08 Å². The zero-order valence-electron chi connectivity index (χ0n) is 22.1. The molecule has 8 rings (SSSR count). The van der Waals surface area contributed by atoms with E-state index in [1.165, 1.54) is 24.3 Å². The number of nitrogens with zero attached hydrogens (tertiary/aromatic N) is 1. The lowest BCUT2D eigenvalue weighted by molar-refractivity contribution is -0.122. The first-order valence-corrected chi connectivity index (χ1v) is 13.7. The van der Waals surface area contributed by atoms with Gasteiger partial charge in [0.15, 0.2) is 23.1 Å². The molecular weight excluding hydrogens is 535 g/mol. The second kappa shape index (κ2) is 8.88. The number of rotatable bonds is 4. The number of hydrogen-bond donors (Lipinski definition) is 1. The number of Topliss-reactive ketones (excluding diaryl/α,β-unsaturated/α-hetero) is 2. The van der Waals surface area contributed by atoms with E-state index in [2.05, 4.69) is 5.32 Å². The van der Waals surface area contributed by atoms with Gasteiger partial charge in [-0.15, -0.1) is 0 Å². The number of fused-ring (bicyclic) bond motifs is 7. The Morgan fingerprint density at radius 2 is 1.60 bits per heavy atom. The molecular formula is C34H23FN2O5. The Kier molecular flexibility index (Phi) is 5.19. The summed E-state index contributed by atoms with van der Waals surface area (Å²) in [5.74, 6) is -1.77. The van der Waals surface area contributed by atoms with Crippen LogP contribution < -0.4 is 14.8 Å². The number of benzene rings is 4. The molecule has 0 saturated carbocycles. The third kappa shape index (κ3) is 3.23. The monoisotopic (exact) mass is 558 g/mol. The molecule has 4 atom stereocenters. The summed E-state index contributed by atoms with van der Waals surface area (Å²) in [5.41, 5.74) is 2.10. The van der Waals surface area contributed by atoms with Crippen molar-refractivity contribution >= 4 is 29.2 Å². The number of hydrogen-bond acceptors (Lipinski definition) is 6. The van der Waals surface area contributed by atoms with Crippen molar-refractivity contribution in [3.8, 4) is 11.5 Å². The molecule has 0 bridgehead atoms. The fourth-order valence-electron chi connectivity index (χ4n) is 7.18. The lowest BCUT2D eigenvalue weighted by atomic mass is 9.62. The van der Waals surface area contributed by atoms with Crippen LogP contribution in [0.3, 0.4) is 0 Å². The van der Waals surface area contributed by atoms with Crippen molar-refractivity contribution < 1.29 is 28.2 Å². The topological polar surface area (TPSA) is 84.9 Å². The first kappa shape index (κ1) is 24.5. The molecule has 1 amide bonds. The maximum Gasteiger partial charge on any atom is 0.238 e. The van der Waals surface area contributed by atoms with Crippen molar-refractivity contribution in [3.05, 3.63) is 131 Å². The molecule has 0 aromatic heterocycles. The largest absolute Gasteiger partial charge is 0.454 e. The van der Waals surface area contributed by atoms with Crippen molar-refractivity contribution in [1.29, 1.82) is 0 Å². The molecule has 0 radical (unpaired) electrons. The second-order valence-electron chi connectivity index (χ2n) is 10.9. The molecule has 4 aliphatic rings. The molecule has 4 aliphatic heterocycles. The molecule has 0 aliphatic carbocycles. The number of ketones is 2. The molecule has 1 saturated heterocycles. The Morgan fingerprint density at radius 3 is 2.45 bits per heavy atom. The number of carbonyl (C=O) groups excluding carboxylic acids is 3. The third-order valence-electron chi connectivity index (χ3n) is 8.91. The number of para-hydroxylation sites is 1. The lowest BCUT2D eigenvalue weighted by Crippen LogP contribution is -2.49. The van der Waals surface area contributed by atoms with Crippen LogP contribution in [0.1, 0.15) is 43.4 Å². The molecule has 1 fully saturated rings. The first-order valence-electron chi connectivity index (χ1n) is 13.7. The van der Waals surface area contributed by atoms with Crippen LogP contribution in [-0.4, -0.2) is 35.2 Å². The van der Waals surface area contributed by atoms with Crippen molar-refractivity contribution in [1.82, 2.24) is 4.90 Å². The number of amides is 1. The van der Waals surface area contributed by atoms with Gasteiger partial charge < -0.3 is 19.7 Å². The van der Waals surface area contributed by atoms with E-state index in [4.69, 9.17) is 9.47 Å². The van der Waals surface area contributed by atoms with Gasteiger partial charge >= 0.3 is 0 Å². The molecule has 42 heavy (non-hydrogen) atoms. The van der Waals surface area contributed by atoms with Crippen LogP contribution in [0, 0.1) is 11.7 Å². The highest BCUT2D eigenvalue weighted by Crippen LogP contribution is 2.62. The number of ether oxygens (including phenoxy) is 2. The van der Waals surface area contributed by atoms with Gasteiger partial charge in [0.1, 0.15) is 17.3 Å². The second-order valence-corrected chi connectivity index (χ2v) is 10.9. The van der Waals surface area contributed by atoms with Gasteiger partial charge in [-0.05, 0) is 71.3 Å². The number of nitrogens with one attached hydrogen (secondary N) is 1. The molecule has 1 N–H and O–H groups in total. The summed E-state index contributed by atoms with van der Waals surface area (Å²) in [5, 5.41) is 3.03. The van der Waals surface area contributed by atoms with Gasteiger partial charge in [0.25, 0.3) is 0 Å². The van der Waals surface area contributed by atoms with Crippen molar-refractivity contribution in [2.45, 2.75) is 17.5 Å². The molecule has 4 aromatic carbocycles. The maximum atomic E-state index is 14.9. The summed E-state index contributed by atoms with van der Waals surface area (Å²) in [6.45, 7) is 0.0409. The minimum Gasteiger partial charge on any atom is -0.454 e. The van der Waals surface area contributed by atoms with Crippen LogP contribution in [0.15, 0.2) is 97.2 Å². The Hall–Kier alpha value is -5.24. The zero-order chi connectivity index (χ0) is 28.6. The standard InChI is InChI=1S/C34H23FN2O5/c35-22-12-9-20(10-13-22)31(39)29-28(30(38)21-11-14-26-27(17-21)42-18-41-26)34(24-7-3-4-8-25(24)36-33(34)40)32-23-6-2-1-5-19(23)15-16-37(29)32/h1-17,28-29,32H,18H2,(H,36,40)/t28-,29-,32+,34+/m0/s1. The van der Waals surface area contributed by atoms with E-state index < -0.39 is 29.2 Å². The summed E-state index contributed by atoms with van der Waals surface area (Å²) in [4.78, 5) is 45.7. The predicted molar refractivity (Wildman–Crippen MR) is 152 cm³/mol. The van der Waals surface area contributed by atoms with Crippen LogP contribution in [0.4, 0.5) is 10.1 Å². The number of anilines is 1. The van der Waals surface area contributed by atoms with Gasteiger partial charge in [-0.25, -0.2) is 4.39 Å². The van der Waals surface area contributed by atoms with Crippen molar-refractivity contribution in [2.75, 3.05) is 12.1 Å². The van der Waals surface area contributed by atoms with Gasteiger partial charge in [-0.1, -0.05) is 42.5 Å². The molecule has 7 nitrogen and oxygen atoms in total. The average Bonchev–Trinajstić information content (AvgIpc) is 3.70. The van der Waals surface area contributed by atoms with E-state index in [1.807, 2.05) is 65.7 Å². The quantitative estimate of drug-likeness (QED) is 0.332. The van der Waals surface area contributed by atoms with E-state index in [0.717, 1.165) is 11.1 Å². The SMILES string of the molecule is O=C(c1ccc(F)cc1)[C@@H]1[C@@H](C(=O)c2ccc3c(c2)OCO3)[C@@]2(C(=O)Nc3ccccc32)[C@H]2c3ccccc3C=CN12. The molecule has 4 aromatic rings. The number of halogens is 1. The van der Waals surface area contributed by atoms with Gasteiger partial charge in [0.05, 0.1) is 12.0 Å². The molecule has 8 heteroatoms. The Morgan fingerprint density at radius 1 is 0.857 bits per heavy atom. The summed E-state index contributed by atoms with van der Waals surface area (Å²) in [6.07, 6.45) is 3.71. The normalized spacial score (nSPS) is 24.3. The Bertz CT molecular complexity index is 1850. The maximum absolute atomic E-state index is 14.9. The van der Waals surface area contributed by atoms with Gasteiger partial charge in [-0.2, -0.15) is 0 Å². The fraction of sp³-hybridized carbons (Fsp3) is 0.147. The van der Waals surface area contributed by atoms with Gasteiger partial charge in [-0.3, -0.25) is 14.4 Å². The van der Waals surface area contributed by atoms with Gasteiger partial charge in [0.2, 0.25) is 12.7 Å². The minimum atomic E-state index is -1.45. The molecule has 4 heterocycles. The predicted octanol–water partition coefficient (Wildman–Crippen LogP) is 5.54. The van der Waals surface area contributed by atoms with Crippen LogP contribution in [0.5, 0.6) is 11.5 Å². The van der Waals surface area contributed by atoms with E-state index in [0.29, 0.717) is 28.3 Å². The Labute approximate surface area is 240 Å². The number of carbonyl (C=O) groups is 3. The smallest absolute Gasteiger partial charge is 0.238 e. The molecule has 0 unspecified atom stereocenters. The first-order chi connectivity index (χ1) is 20.5. The summed E-state index contributed by atoms with van der Waals surface area (Å²) in [6, 6.07) is 23.5. The van der Waals surface area contributed by atoms with E-state index in [-0.39, 0.29) is 29.8 Å². The highest BCUT2D eigenvalue weighted by atomic mass is 19.1. The van der Waals surface area contributed by atoms with Gasteiger partial charge in [0, 0.05) is 23.0 Å². The summed E-state index contributed by atoms with van der Waals surface area (Å²) < 4.78 is 24.9. The molecule has 206 valence electrons. The highest BCUT2D eigenvalue weighted by Gasteiger charge is 2.70. The highest BCUT2D eigenvalue weighted by molar-refractivity contribution is 6.16. The van der Waals surface area contributed by atoms with E-state index in [1.54, 1.807) is 18.2 Å². The van der Waals surface area contributed by atoms with E-state index >= 15 is 0 Å². The molecule has 1 spiro atoms. The lowest BCUT2D eigenvalue weighted by Gasteiger charge is -2.38. The minimum absolute atomic E-state index is 0.0409. The fourth-order valence-corrected chi connectivity index (χ4v) is 7.18. The zero-order valence-corrected chi connectivity index (χ0v) is 22.1. The van der Waals surface area contributed by atoms with Crippen LogP contribution in [0.2, 0.25) is 0 Å². The third-order valence-corrected chi connectivity index (χ3v) is 8.91. The van der Waals surface area contributed by atoms with Crippen molar-refractivity contribution in [3.63, 3.8) is 0 Å². The van der Waals surface area contributed by atoms with Crippen molar-refractivity contribution in [2.24, 2.45) is 5.92 Å². The van der Waals surface area contributed by atoms with Crippen LogP contribution in [-0.2, 0) is 10.2 Å².